The van der Waals surface area contributed by atoms with Crippen LogP contribution in [0.25, 0.3) is 0 Å². The summed E-state index contributed by atoms with van der Waals surface area (Å²) in [5.41, 5.74) is 1.03. The molecule has 0 radical (unpaired) electrons. The second-order valence-electron chi connectivity index (χ2n) is 5.00. The number of hydrogen-bond donors (Lipinski definition) is 1. The maximum Gasteiger partial charge on any atom is 0.229 e. The van der Waals surface area contributed by atoms with Gasteiger partial charge >= 0.3 is 0 Å². The van der Waals surface area contributed by atoms with Crippen molar-refractivity contribution in [1.29, 1.82) is 0 Å². The summed E-state index contributed by atoms with van der Waals surface area (Å²) < 4.78 is 5.38. The van der Waals surface area contributed by atoms with Crippen LogP contribution >= 0.6 is 23.2 Å². The van der Waals surface area contributed by atoms with Crippen molar-refractivity contribution in [2.45, 2.75) is 25.2 Å². The first-order valence-corrected chi connectivity index (χ1v) is 7.45. The minimum atomic E-state index is 0.381. The molecule has 1 aliphatic heterocycles. The van der Waals surface area contributed by atoms with Gasteiger partial charge in [0.05, 0.1) is 10.0 Å². The van der Waals surface area contributed by atoms with Crippen LogP contribution < -0.4 is 5.32 Å². The van der Waals surface area contributed by atoms with Gasteiger partial charge in [-0.15, -0.1) is 0 Å². The largest absolute Gasteiger partial charge is 0.339 e. The topological polar surface area (TPSA) is 51.0 Å². The summed E-state index contributed by atoms with van der Waals surface area (Å²) in [5.74, 6) is 1.82. The Morgan fingerprint density at radius 3 is 2.75 bits per heavy atom. The van der Waals surface area contributed by atoms with Crippen LogP contribution in [-0.4, -0.2) is 23.2 Å². The SMILES string of the molecule is Clc1ccc(Cc2noc(C3CCNCC3)n2)cc1Cl. The zero-order valence-corrected chi connectivity index (χ0v) is 12.4. The lowest BCUT2D eigenvalue weighted by Crippen LogP contribution is -2.26. The van der Waals surface area contributed by atoms with Crippen LogP contribution in [0.4, 0.5) is 0 Å². The number of halogens is 2. The molecule has 4 nitrogen and oxygen atoms in total. The second-order valence-corrected chi connectivity index (χ2v) is 5.81. The van der Waals surface area contributed by atoms with Gasteiger partial charge in [-0.25, -0.2) is 0 Å². The van der Waals surface area contributed by atoms with Gasteiger partial charge in [0.2, 0.25) is 5.89 Å². The molecular formula is C14H15Cl2N3O. The summed E-state index contributed by atoms with van der Waals surface area (Å²) >= 11 is 11.9. The Kier molecular flexibility index (Phi) is 4.24. The third-order valence-electron chi connectivity index (χ3n) is 3.52. The highest BCUT2D eigenvalue weighted by atomic mass is 35.5. The van der Waals surface area contributed by atoms with E-state index in [1.165, 1.54) is 0 Å². The van der Waals surface area contributed by atoms with Gasteiger partial charge in [0, 0.05) is 12.3 Å². The van der Waals surface area contributed by atoms with Crippen LogP contribution in [0.15, 0.2) is 22.7 Å². The number of hydrogen-bond acceptors (Lipinski definition) is 4. The molecule has 2 heterocycles. The molecule has 1 aromatic heterocycles. The van der Waals surface area contributed by atoms with E-state index >= 15 is 0 Å². The predicted molar refractivity (Wildman–Crippen MR) is 78.4 cm³/mol. The average Bonchev–Trinajstić information content (AvgIpc) is 2.92. The first kappa shape index (κ1) is 13.9. The Labute approximate surface area is 127 Å². The minimum absolute atomic E-state index is 0.381. The van der Waals surface area contributed by atoms with E-state index in [0.717, 1.165) is 37.4 Å². The molecule has 0 saturated carbocycles. The summed E-state index contributed by atoms with van der Waals surface area (Å²) in [6, 6.07) is 5.55. The molecule has 0 amide bonds. The van der Waals surface area contributed by atoms with Crippen molar-refractivity contribution >= 4 is 23.2 Å². The summed E-state index contributed by atoms with van der Waals surface area (Å²) in [5, 5.41) is 8.48. The Morgan fingerprint density at radius 1 is 1.20 bits per heavy atom. The van der Waals surface area contributed by atoms with E-state index < -0.39 is 0 Å². The fraction of sp³-hybridized carbons (Fsp3) is 0.429. The highest BCUT2D eigenvalue weighted by Gasteiger charge is 2.21. The van der Waals surface area contributed by atoms with E-state index in [1.807, 2.05) is 12.1 Å². The fourth-order valence-electron chi connectivity index (χ4n) is 2.41. The lowest BCUT2D eigenvalue weighted by molar-refractivity contribution is 0.318. The maximum atomic E-state index is 6.00. The molecule has 0 atom stereocenters. The highest BCUT2D eigenvalue weighted by Crippen LogP contribution is 2.25. The van der Waals surface area contributed by atoms with Crippen molar-refractivity contribution in [3.63, 3.8) is 0 Å². The van der Waals surface area contributed by atoms with Crippen LogP contribution in [0.2, 0.25) is 10.0 Å². The lowest BCUT2D eigenvalue weighted by Gasteiger charge is -2.18. The number of rotatable bonds is 3. The molecule has 1 aromatic carbocycles. The Morgan fingerprint density at radius 2 is 2.00 bits per heavy atom. The van der Waals surface area contributed by atoms with E-state index in [1.54, 1.807) is 6.07 Å². The van der Waals surface area contributed by atoms with E-state index in [4.69, 9.17) is 27.7 Å². The minimum Gasteiger partial charge on any atom is -0.339 e. The van der Waals surface area contributed by atoms with Crippen LogP contribution in [0.1, 0.15) is 36.0 Å². The van der Waals surface area contributed by atoms with Crippen molar-refractivity contribution < 1.29 is 4.52 Å². The zero-order chi connectivity index (χ0) is 13.9. The van der Waals surface area contributed by atoms with E-state index in [-0.39, 0.29) is 0 Å². The number of benzene rings is 1. The number of piperidine rings is 1. The fourth-order valence-corrected chi connectivity index (χ4v) is 2.73. The summed E-state index contributed by atoms with van der Waals surface area (Å²) in [6.07, 6.45) is 2.70. The lowest BCUT2D eigenvalue weighted by atomic mass is 9.98. The molecule has 0 unspecified atom stereocenters. The number of nitrogens with one attached hydrogen (secondary N) is 1. The van der Waals surface area contributed by atoms with Gasteiger partial charge in [0.25, 0.3) is 0 Å². The molecule has 3 rings (SSSR count). The Balaban J connectivity index is 1.71. The third kappa shape index (κ3) is 3.14. The van der Waals surface area contributed by atoms with E-state index in [2.05, 4.69) is 15.5 Å². The average molecular weight is 312 g/mol. The first-order chi connectivity index (χ1) is 9.72. The van der Waals surface area contributed by atoms with E-state index in [9.17, 15) is 0 Å². The molecular weight excluding hydrogens is 297 g/mol. The van der Waals surface area contributed by atoms with Gasteiger partial charge < -0.3 is 9.84 Å². The van der Waals surface area contributed by atoms with Gasteiger partial charge in [0.1, 0.15) is 0 Å². The van der Waals surface area contributed by atoms with Crippen molar-refractivity contribution in [2.75, 3.05) is 13.1 Å². The summed E-state index contributed by atoms with van der Waals surface area (Å²) in [7, 11) is 0. The standard InChI is InChI=1S/C14H15Cl2N3O/c15-11-2-1-9(7-12(11)16)8-13-18-14(20-19-13)10-3-5-17-6-4-10/h1-2,7,10,17H,3-6,8H2. The van der Waals surface area contributed by atoms with Gasteiger partial charge in [-0.05, 0) is 43.6 Å². The van der Waals surface area contributed by atoms with Gasteiger partial charge in [-0.2, -0.15) is 4.98 Å². The van der Waals surface area contributed by atoms with Crippen LogP contribution in [0.3, 0.4) is 0 Å². The van der Waals surface area contributed by atoms with Crippen LogP contribution in [0, 0.1) is 0 Å². The van der Waals surface area contributed by atoms with Crippen molar-refractivity contribution in [3.8, 4) is 0 Å². The molecule has 2 aromatic rings. The molecule has 1 aliphatic rings. The summed E-state index contributed by atoms with van der Waals surface area (Å²) in [4.78, 5) is 4.50. The Bertz CT molecular complexity index is 594. The normalized spacial score (nSPS) is 16.5. The molecule has 106 valence electrons. The quantitative estimate of drug-likeness (QED) is 0.943. The van der Waals surface area contributed by atoms with Gasteiger partial charge in [-0.3, -0.25) is 0 Å². The maximum absolute atomic E-state index is 6.00. The molecule has 0 bridgehead atoms. The van der Waals surface area contributed by atoms with Crippen molar-refractivity contribution in [3.05, 3.63) is 45.5 Å². The number of aromatic nitrogens is 2. The van der Waals surface area contributed by atoms with Crippen molar-refractivity contribution in [1.82, 2.24) is 15.5 Å². The van der Waals surface area contributed by atoms with Gasteiger partial charge in [-0.1, -0.05) is 34.4 Å². The first-order valence-electron chi connectivity index (χ1n) is 6.69. The predicted octanol–water partition coefficient (Wildman–Crippen LogP) is 3.43. The smallest absolute Gasteiger partial charge is 0.229 e. The Hall–Kier alpha value is -1.10. The molecule has 0 aliphatic carbocycles. The molecule has 1 saturated heterocycles. The van der Waals surface area contributed by atoms with Crippen molar-refractivity contribution in [2.24, 2.45) is 0 Å². The monoisotopic (exact) mass is 311 g/mol. The molecule has 1 fully saturated rings. The van der Waals surface area contributed by atoms with Crippen LogP contribution in [-0.2, 0) is 6.42 Å². The molecule has 6 heteroatoms. The number of nitrogens with zero attached hydrogens (tertiary/aromatic N) is 2. The van der Waals surface area contributed by atoms with E-state index in [0.29, 0.717) is 28.2 Å². The summed E-state index contributed by atoms with van der Waals surface area (Å²) in [6.45, 7) is 2.02. The molecule has 20 heavy (non-hydrogen) atoms. The van der Waals surface area contributed by atoms with Crippen LogP contribution in [0.5, 0.6) is 0 Å². The third-order valence-corrected chi connectivity index (χ3v) is 4.26. The molecule has 0 spiro atoms. The zero-order valence-electron chi connectivity index (χ0n) is 10.9. The molecule has 1 N–H and O–H groups in total. The highest BCUT2D eigenvalue weighted by molar-refractivity contribution is 6.42. The van der Waals surface area contributed by atoms with Gasteiger partial charge in [0.15, 0.2) is 5.82 Å². The second kappa shape index (κ2) is 6.12.